The fourth-order valence-corrected chi connectivity index (χ4v) is 2.37. The Morgan fingerprint density at radius 1 is 1.12 bits per heavy atom. The largest absolute Gasteiger partial charge is 0.339 e. The third-order valence-corrected chi connectivity index (χ3v) is 3.41. The van der Waals surface area contributed by atoms with Crippen LogP contribution in [0.3, 0.4) is 0 Å². The van der Waals surface area contributed by atoms with E-state index in [2.05, 4.69) is 45.6 Å². The molecule has 0 saturated carbocycles. The summed E-state index contributed by atoms with van der Waals surface area (Å²) in [5.41, 5.74) is 5.72. The van der Waals surface area contributed by atoms with E-state index in [-0.39, 0.29) is 32.7 Å². The fraction of sp³-hybridized carbons (Fsp3) is 0.150. The van der Waals surface area contributed by atoms with Crippen LogP contribution in [0.15, 0.2) is 73.1 Å². The fourth-order valence-electron chi connectivity index (χ4n) is 2.37. The van der Waals surface area contributed by atoms with Crippen LogP contribution < -0.4 is 16.2 Å². The molecular weight excluding hydrogens is 385 g/mol. The summed E-state index contributed by atoms with van der Waals surface area (Å²) in [5.74, 6) is 5.30. The Labute approximate surface area is 175 Å². The summed E-state index contributed by atoms with van der Waals surface area (Å²) in [6.07, 6.45) is 5.39. The van der Waals surface area contributed by atoms with Crippen LogP contribution in [0.25, 0.3) is 10.9 Å². The molecule has 0 unspecified atom stereocenters. The number of hydrazine groups is 1. The first-order valence-corrected chi connectivity index (χ1v) is 8.08. The van der Waals surface area contributed by atoms with Gasteiger partial charge >= 0.3 is 0 Å². The quantitative estimate of drug-likeness (QED) is 0.378. The summed E-state index contributed by atoms with van der Waals surface area (Å²) < 4.78 is 0. The number of para-hydroxylation sites is 1. The van der Waals surface area contributed by atoms with Gasteiger partial charge in [0.2, 0.25) is 0 Å². The standard InChI is InChI=1S/C18H17N4.C2H6.Y/c19-21-12-5-13-22(16-7-2-1-3-8-16)17-9-10-18-15(14-17)6-4-11-20-18;1-2;/h1-3,5-12,14,21H,13,19H2;1-2H3;/q-1;;. The second-order valence-corrected chi connectivity index (χ2v) is 4.83. The van der Waals surface area contributed by atoms with Gasteiger partial charge in [-0.25, -0.2) is 12.1 Å². The van der Waals surface area contributed by atoms with E-state index in [9.17, 15) is 0 Å². The van der Waals surface area contributed by atoms with E-state index in [1.807, 2.05) is 50.3 Å². The van der Waals surface area contributed by atoms with Gasteiger partial charge in [0.05, 0.1) is 0 Å². The Morgan fingerprint density at radius 3 is 2.60 bits per heavy atom. The molecule has 0 amide bonds. The van der Waals surface area contributed by atoms with Crippen molar-refractivity contribution in [2.24, 2.45) is 5.84 Å². The van der Waals surface area contributed by atoms with E-state index in [0.717, 1.165) is 22.3 Å². The molecular formula is C20H23N4Y-. The van der Waals surface area contributed by atoms with Crippen molar-refractivity contribution in [1.29, 1.82) is 0 Å². The van der Waals surface area contributed by atoms with Crippen molar-refractivity contribution in [3.05, 3.63) is 79.1 Å². The van der Waals surface area contributed by atoms with Crippen molar-refractivity contribution in [2.75, 3.05) is 11.4 Å². The van der Waals surface area contributed by atoms with Gasteiger partial charge in [0.1, 0.15) is 0 Å². The third kappa shape index (κ3) is 5.92. The first-order valence-electron chi connectivity index (χ1n) is 8.08. The maximum Gasteiger partial charge on any atom is 0.0428 e. The van der Waals surface area contributed by atoms with Gasteiger partial charge in [0.25, 0.3) is 0 Å². The van der Waals surface area contributed by atoms with Crippen LogP contribution in [0.4, 0.5) is 11.4 Å². The zero-order chi connectivity index (χ0) is 17.2. The molecule has 1 aromatic heterocycles. The van der Waals surface area contributed by atoms with E-state index in [0.29, 0.717) is 6.54 Å². The molecule has 0 aliphatic carbocycles. The van der Waals surface area contributed by atoms with Crippen molar-refractivity contribution < 1.29 is 32.7 Å². The monoisotopic (exact) mass is 408 g/mol. The number of anilines is 2. The van der Waals surface area contributed by atoms with E-state index < -0.39 is 0 Å². The van der Waals surface area contributed by atoms with E-state index in [4.69, 9.17) is 5.84 Å². The zero-order valence-electron chi connectivity index (χ0n) is 14.7. The Bertz CT molecular complexity index is 775. The summed E-state index contributed by atoms with van der Waals surface area (Å²) in [5, 5.41) is 1.07. The van der Waals surface area contributed by atoms with Gasteiger partial charge in [-0.1, -0.05) is 44.3 Å². The Kier molecular flexibility index (Phi) is 10.0. The normalized spacial score (nSPS) is 9.88. The van der Waals surface area contributed by atoms with Gasteiger partial charge in [0, 0.05) is 56.8 Å². The Morgan fingerprint density at radius 2 is 1.88 bits per heavy atom. The van der Waals surface area contributed by atoms with Crippen molar-refractivity contribution in [1.82, 2.24) is 10.4 Å². The average Bonchev–Trinajstić information content (AvgIpc) is 2.67. The van der Waals surface area contributed by atoms with Crippen LogP contribution in [0.1, 0.15) is 13.8 Å². The molecule has 1 radical (unpaired) electrons. The first kappa shape index (κ1) is 21.3. The molecule has 0 aliphatic rings. The van der Waals surface area contributed by atoms with Crippen molar-refractivity contribution >= 4 is 22.3 Å². The number of nitrogens with zero attached hydrogens (tertiary/aromatic N) is 2. The minimum absolute atomic E-state index is 0. The molecule has 0 fully saturated rings. The molecule has 0 bridgehead atoms. The SMILES string of the molecule is CC.NNC=CCN(c1ccccc1)c1ccc2nc[c-]cc2c1.[Y]. The minimum atomic E-state index is 0. The second-order valence-electron chi connectivity index (χ2n) is 4.83. The van der Waals surface area contributed by atoms with E-state index in [1.54, 1.807) is 12.4 Å². The molecule has 1 heterocycles. The summed E-state index contributed by atoms with van der Waals surface area (Å²) in [4.78, 5) is 6.52. The summed E-state index contributed by atoms with van der Waals surface area (Å²) >= 11 is 0. The first-order chi connectivity index (χ1) is 11.9. The zero-order valence-corrected chi connectivity index (χ0v) is 17.5. The second kappa shape index (κ2) is 11.7. The number of benzene rings is 2. The maximum absolute atomic E-state index is 5.30. The van der Waals surface area contributed by atoms with Gasteiger partial charge in [-0.3, -0.25) is 10.8 Å². The van der Waals surface area contributed by atoms with Crippen molar-refractivity contribution in [3.63, 3.8) is 0 Å². The molecule has 25 heavy (non-hydrogen) atoms. The van der Waals surface area contributed by atoms with Crippen LogP contribution in [-0.2, 0) is 32.7 Å². The van der Waals surface area contributed by atoms with Crippen LogP contribution >= 0.6 is 0 Å². The number of hydrogen-bond acceptors (Lipinski definition) is 4. The van der Waals surface area contributed by atoms with E-state index in [1.165, 1.54) is 0 Å². The van der Waals surface area contributed by atoms with Gasteiger partial charge < -0.3 is 10.3 Å². The topological polar surface area (TPSA) is 54.2 Å². The van der Waals surface area contributed by atoms with Crippen LogP contribution in [0.2, 0.25) is 0 Å². The third-order valence-electron chi connectivity index (χ3n) is 3.41. The number of fused-ring (bicyclic) bond motifs is 1. The molecule has 3 aromatic rings. The summed E-state index contributed by atoms with van der Waals surface area (Å²) in [7, 11) is 0. The number of rotatable bonds is 5. The van der Waals surface area contributed by atoms with Crippen LogP contribution in [0.5, 0.6) is 0 Å². The van der Waals surface area contributed by atoms with Crippen molar-refractivity contribution in [3.8, 4) is 0 Å². The Balaban J connectivity index is 0.00000101. The molecule has 0 saturated heterocycles. The van der Waals surface area contributed by atoms with Gasteiger partial charge in [-0.05, 0) is 29.8 Å². The van der Waals surface area contributed by atoms with Crippen molar-refractivity contribution in [2.45, 2.75) is 13.8 Å². The molecule has 5 heteroatoms. The van der Waals surface area contributed by atoms with Gasteiger partial charge in [0.15, 0.2) is 0 Å². The van der Waals surface area contributed by atoms with Gasteiger partial charge in [-0.15, -0.1) is 11.5 Å². The van der Waals surface area contributed by atoms with Crippen LogP contribution in [-0.4, -0.2) is 11.5 Å². The molecule has 0 atom stereocenters. The molecule has 3 N–H and O–H groups in total. The smallest absolute Gasteiger partial charge is 0.0428 e. The number of aromatic nitrogens is 1. The molecule has 0 spiro atoms. The minimum Gasteiger partial charge on any atom is -0.339 e. The molecule has 4 nitrogen and oxygen atoms in total. The molecule has 3 rings (SSSR count). The maximum atomic E-state index is 5.30. The summed E-state index contributed by atoms with van der Waals surface area (Å²) in [6.45, 7) is 4.71. The number of pyridine rings is 1. The number of nitrogens with two attached hydrogens (primary N) is 1. The molecule has 127 valence electrons. The predicted molar refractivity (Wildman–Crippen MR) is 102 cm³/mol. The number of nitrogens with one attached hydrogen (secondary N) is 1. The molecule has 2 aromatic carbocycles. The van der Waals surface area contributed by atoms with E-state index >= 15 is 0 Å². The van der Waals surface area contributed by atoms with Gasteiger partial charge in [-0.2, -0.15) is 0 Å². The van der Waals surface area contributed by atoms with Crippen LogP contribution in [0, 0.1) is 6.07 Å². The molecule has 0 aliphatic heterocycles. The number of hydrogen-bond donors (Lipinski definition) is 2. The average molecular weight is 408 g/mol. The Hall–Kier alpha value is -1.75. The summed E-state index contributed by atoms with van der Waals surface area (Å²) in [6, 6.07) is 21.4. The predicted octanol–water partition coefficient (Wildman–Crippen LogP) is 4.17.